The van der Waals surface area contributed by atoms with Crippen LogP contribution in [-0.2, 0) is 20.9 Å². The van der Waals surface area contributed by atoms with Crippen molar-refractivity contribution in [1.82, 2.24) is 4.90 Å². The van der Waals surface area contributed by atoms with Gasteiger partial charge in [0, 0.05) is 12.2 Å². The van der Waals surface area contributed by atoms with Crippen LogP contribution < -0.4 is 19.7 Å². The van der Waals surface area contributed by atoms with E-state index in [1.165, 1.54) is 12.0 Å². The largest absolute Gasteiger partial charge is 0.497 e. The maximum atomic E-state index is 13.6. The zero-order valence-electron chi connectivity index (χ0n) is 21.2. The lowest BCUT2D eigenvalue weighted by Gasteiger charge is -2.24. The molecule has 1 atom stereocenters. The maximum Gasteiger partial charge on any atom is 0.337 e. The second-order valence-electron chi connectivity index (χ2n) is 8.47. The highest BCUT2D eigenvalue weighted by molar-refractivity contribution is 7.80. The third kappa shape index (κ3) is 5.76. The molecule has 1 aliphatic heterocycles. The number of benzene rings is 3. The van der Waals surface area contributed by atoms with E-state index in [4.69, 9.17) is 26.4 Å². The second-order valence-corrected chi connectivity index (χ2v) is 8.83. The van der Waals surface area contributed by atoms with Gasteiger partial charge in [-0.1, -0.05) is 12.1 Å². The van der Waals surface area contributed by atoms with Crippen molar-refractivity contribution in [2.24, 2.45) is 0 Å². The number of carbonyl (C=O) groups is 3. The molecule has 10 heteroatoms. The molecule has 0 saturated carbocycles. The van der Waals surface area contributed by atoms with Crippen LogP contribution in [0.4, 0.5) is 11.4 Å². The zero-order valence-corrected chi connectivity index (χ0v) is 22.0. The van der Waals surface area contributed by atoms with Gasteiger partial charge in [0.1, 0.15) is 17.5 Å². The number of rotatable bonds is 9. The van der Waals surface area contributed by atoms with E-state index in [1.54, 1.807) is 67.7 Å². The molecule has 0 aromatic heterocycles. The summed E-state index contributed by atoms with van der Waals surface area (Å²) in [4.78, 5) is 41.5. The Morgan fingerprint density at radius 1 is 0.868 bits per heavy atom. The summed E-state index contributed by atoms with van der Waals surface area (Å²) < 4.78 is 15.2. The number of thiocarbonyl (C=S) groups is 1. The quantitative estimate of drug-likeness (QED) is 0.325. The van der Waals surface area contributed by atoms with Gasteiger partial charge in [-0.25, -0.2) is 4.79 Å². The van der Waals surface area contributed by atoms with Crippen molar-refractivity contribution in [2.75, 3.05) is 31.5 Å². The van der Waals surface area contributed by atoms with Crippen LogP contribution in [0.2, 0.25) is 0 Å². The van der Waals surface area contributed by atoms with Crippen molar-refractivity contribution in [3.05, 3.63) is 83.9 Å². The smallest absolute Gasteiger partial charge is 0.337 e. The normalized spacial score (nSPS) is 14.9. The number of methoxy groups -OCH3 is 3. The summed E-state index contributed by atoms with van der Waals surface area (Å²) in [7, 11) is 4.45. The topological polar surface area (TPSA) is 97.4 Å². The summed E-state index contributed by atoms with van der Waals surface area (Å²) in [5, 5.41) is 3.09. The van der Waals surface area contributed by atoms with Gasteiger partial charge in [0.05, 0.1) is 39.0 Å². The number of ether oxygens (including phenoxy) is 3. The van der Waals surface area contributed by atoms with Crippen LogP contribution in [0.5, 0.6) is 11.5 Å². The molecule has 1 aliphatic rings. The summed E-state index contributed by atoms with van der Waals surface area (Å²) in [6, 6.07) is 19.9. The molecule has 0 spiro atoms. The molecule has 1 heterocycles. The van der Waals surface area contributed by atoms with Gasteiger partial charge in [0.2, 0.25) is 5.91 Å². The van der Waals surface area contributed by atoms with Gasteiger partial charge in [-0.15, -0.1) is 0 Å². The predicted octanol–water partition coefficient (Wildman–Crippen LogP) is 4.02. The summed E-state index contributed by atoms with van der Waals surface area (Å²) >= 11 is 5.74. The highest BCUT2D eigenvalue weighted by Gasteiger charge is 2.44. The average molecular weight is 534 g/mol. The minimum absolute atomic E-state index is 0.124. The molecule has 2 amide bonds. The van der Waals surface area contributed by atoms with Crippen LogP contribution in [0, 0.1) is 0 Å². The molecule has 1 N–H and O–H groups in total. The molecule has 38 heavy (non-hydrogen) atoms. The van der Waals surface area contributed by atoms with Gasteiger partial charge < -0.3 is 24.4 Å². The first kappa shape index (κ1) is 26.6. The standard InChI is InChI=1S/C28H27N3O6S/c1-35-22-12-4-18(5-13-22)17-30-24(16-25(32)29-20-8-6-19(7-9-20)27(34)37-3)26(33)31(28(30)38)21-10-14-23(36-2)15-11-21/h4-15,24H,16-17H2,1-3H3,(H,29,32). The van der Waals surface area contributed by atoms with Crippen LogP contribution >= 0.6 is 12.2 Å². The number of amides is 2. The van der Waals surface area contributed by atoms with E-state index in [0.29, 0.717) is 40.1 Å². The molecule has 0 radical (unpaired) electrons. The first-order chi connectivity index (χ1) is 18.3. The van der Waals surface area contributed by atoms with Crippen molar-refractivity contribution in [3.8, 4) is 11.5 Å². The summed E-state index contributed by atoms with van der Waals surface area (Å²) in [5.41, 5.74) is 2.34. The summed E-state index contributed by atoms with van der Waals surface area (Å²) in [5.74, 6) is 0.220. The first-order valence-electron chi connectivity index (χ1n) is 11.7. The SMILES string of the molecule is COC(=O)c1ccc(NC(=O)CC2C(=O)N(c3ccc(OC)cc3)C(=S)N2Cc2ccc(OC)cc2)cc1. The fourth-order valence-corrected chi connectivity index (χ4v) is 4.49. The van der Waals surface area contributed by atoms with Crippen molar-refractivity contribution in [3.63, 3.8) is 0 Å². The van der Waals surface area contributed by atoms with Crippen molar-refractivity contribution in [2.45, 2.75) is 19.0 Å². The highest BCUT2D eigenvalue weighted by atomic mass is 32.1. The number of nitrogens with one attached hydrogen (secondary N) is 1. The van der Waals surface area contributed by atoms with Crippen LogP contribution in [-0.4, -0.2) is 55.2 Å². The Morgan fingerprint density at radius 2 is 1.45 bits per heavy atom. The Balaban J connectivity index is 1.56. The van der Waals surface area contributed by atoms with Gasteiger partial charge >= 0.3 is 5.97 Å². The number of carbonyl (C=O) groups excluding carboxylic acids is 3. The minimum Gasteiger partial charge on any atom is -0.497 e. The molecule has 3 aromatic rings. The fraction of sp³-hybridized carbons (Fsp3) is 0.214. The molecule has 1 unspecified atom stereocenters. The molecule has 1 saturated heterocycles. The number of nitrogens with zero attached hydrogens (tertiary/aromatic N) is 2. The molecule has 0 aliphatic carbocycles. The Hall–Kier alpha value is -4.44. The Labute approximate surface area is 225 Å². The Morgan fingerprint density at radius 3 is 2.00 bits per heavy atom. The third-order valence-electron chi connectivity index (χ3n) is 6.13. The van der Waals surface area contributed by atoms with Gasteiger partial charge in [-0.2, -0.15) is 0 Å². The Bertz CT molecular complexity index is 1330. The van der Waals surface area contributed by atoms with E-state index in [2.05, 4.69) is 5.32 Å². The number of anilines is 2. The number of esters is 1. The maximum absolute atomic E-state index is 13.6. The van der Waals surface area contributed by atoms with Crippen LogP contribution in [0.3, 0.4) is 0 Å². The number of hydrogen-bond acceptors (Lipinski definition) is 7. The monoisotopic (exact) mass is 533 g/mol. The molecule has 4 rings (SSSR count). The second kappa shape index (κ2) is 11.7. The van der Waals surface area contributed by atoms with Crippen molar-refractivity contribution < 1.29 is 28.6 Å². The van der Waals surface area contributed by atoms with Gasteiger partial charge in [0.25, 0.3) is 5.91 Å². The third-order valence-corrected chi connectivity index (χ3v) is 6.55. The van der Waals surface area contributed by atoms with Crippen molar-refractivity contribution in [1.29, 1.82) is 0 Å². The number of hydrogen-bond donors (Lipinski definition) is 1. The fourth-order valence-electron chi connectivity index (χ4n) is 4.11. The lowest BCUT2D eigenvalue weighted by molar-refractivity contribution is -0.124. The highest BCUT2D eigenvalue weighted by Crippen LogP contribution is 2.30. The molecule has 3 aromatic carbocycles. The van der Waals surface area contributed by atoms with E-state index in [1.807, 2.05) is 24.3 Å². The molecule has 1 fully saturated rings. The van der Waals surface area contributed by atoms with Crippen LogP contribution in [0.15, 0.2) is 72.8 Å². The molecular weight excluding hydrogens is 506 g/mol. The molecule has 196 valence electrons. The van der Waals surface area contributed by atoms with Crippen LogP contribution in [0.1, 0.15) is 22.3 Å². The predicted molar refractivity (Wildman–Crippen MR) is 146 cm³/mol. The average Bonchev–Trinajstić information content (AvgIpc) is 3.17. The lowest BCUT2D eigenvalue weighted by atomic mass is 10.1. The lowest BCUT2D eigenvalue weighted by Crippen LogP contribution is -2.37. The molecular formula is C28H27N3O6S. The van der Waals surface area contributed by atoms with Crippen molar-refractivity contribution >= 4 is 46.5 Å². The Kier molecular flexibility index (Phi) is 8.22. The van der Waals surface area contributed by atoms with Crippen LogP contribution in [0.25, 0.3) is 0 Å². The van der Waals surface area contributed by atoms with E-state index in [0.717, 1.165) is 5.56 Å². The molecule has 0 bridgehead atoms. The first-order valence-corrected chi connectivity index (χ1v) is 12.1. The molecule has 9 nitrogen and oxygen atoms in total. The summed E-state index contributed by atoms with van der Waals surface area (Å²) in [6.45, 7) is 0.326. The van der Waals surface area contributed by atoms with E-state index in [-0.39, 0.29) is 18.2 Å². The van der Waals surface area contributed by atoms with Gasteiger partial charge in [-0.05, 0) is 78.4 Å². The zero-order chi connectivity index (χ0) is 27.2. The van der Waals surface area contributed by atoms with E-state index < -0.39 is 12.0 Å². The van der Waals surface area contributed by atoms with Gasteiger partial charge in [-0.3, -0.25) is 14.5 Å². The van der Waals surface area contributed by atoms with Gasteiger partial charge in [0.15, 0.2) is 5.11 Å². The minimum atomic E-state index is -0.818. The van der Waals surface area contributed by atoms with E-state index in [9.17, 15) is 14.4 Å². The van der Waals surface area contributed by atoms with E-state index >= 15 is 0 Å². The summed E-state index contributed by atoms with van der Waals surface area (Å²) in [6.07, 6.45) is -0.124.